The van der Waals surface area contributed by atoms with E-state index in [2.05, 4.69) is 128 Å². The number of thioether (sulfide) groups is 1. The van der Waals surface area contributed by atoms with E-state index in [1.165, 1.54) is 32.4 Å². The first kappa shape index (κ1) is 47.4. The quantitative estimate of drug-likeness (QED) is 0.0355. The van der Waals surface area contributed by atoms with E-state index in [1.807, 2.05) is 18.2 Å². The van der Waals surface area contributed by atoms with Gasteiger partial charge in [-0.1, -0.05) is 98.4 Å². The molecule has 5 aromatic rings. The summed E-state index contributed by atoms with van der Waals surface area (Å²) in [5, 5.41) is 14.4. The van der Waals surface area contributed by atoms with Gasteiger partial charge < -0.3 is 10.0 Å². The lowest BCUT2D eigenvalue weighted by molar-refractivity contribution is -0.438. The van der Waals surface area contributed by atoms with Gasteiger partial charge in [0.2, 0.25) is 5.69 Å². The predicted octanol–water partition coefficient (Wildman–Crippen LogP) is 11.5. The molecule has 3 aliphatic rings. The van der Waals surface area contributed by atoms with Gasteiger partial charge >= 0.3 is 5.97 Å². The van der Waals surface area contributed by atoms with E-state index in [1.54, 1.807) is 23.9 Å². The van der Waals surface area contributed by atoms with Gasteiger partial charge in [-0.05, 0) is 126 Å². The van der Waals surface area contributed by atoms with Crippen LogP contribution in [0.15, 0.2) is 137 Å². The predicted molar refractivity (Wildman–Crippen MR) is 268 cm³/mol. The fourth-order valence-corrected chi connectivity index (χ4v) is 12.9. The molecule has 13 heteroatoms. The Bertz CT molecular complexity index is 3040. The first-order valence-electron chi connectivity index (χ1n) is 22.8. The zero-order valence-electron chi connectivity index (χ0n) is 38.0. The highest BCUT2D eigenvalue weighted by Crippen LogP contribution is 2.51. The van der Waals surface area contributed by atoms with E-state index in [9.17, 15) is 35.8 Å². The minimum absolute atomic E-state index is 0.0412. The molecule has 10 nitrogen and oxygen atoms in total. The van der Waals surface area contributed by atoms with Crippen molar-refractivity contribution >= 4 is 76.6 Å². The van der Waals surface area contributed by atoms with Gasteiger partial charge in [0.15, 0.2) is 5.71 Å². The number of rotatable bonds is 17. The topological polar surface area (TPSA) is 152 Å². The maximum absolute atomic E-state index is 11.8. The zero-order chi connectivity index (χ0) is 47.0. The van der Waals surface area contributed by atoms with Gasteiger partial charge in [0.05, 0.1) is 28.5 Å². The minimum Gasteiger partial charge on any atom is -0.478 e. The van der Waals surface area contributed by atoms with Gasteiger partial charge in [0, 0.05) is 52.6 Å². The fourth-order valence-electron chi connectivity index (χ4n) is 10.6. The van der Waals surface area contributed by atoms with Crippen molar-refractivity contribution in [1.29, 1.82) is 0 Å². The number of anilines is 1. The van der Waals surface area contributed by atoms with E-state index < -0.39 is 31.6 Å². The van der Waals surface area contributed by atoms with Crippen molar-refractivity contribution in [2.75, 3.05) is 29.5 Å². The molecule has 0 spiro atoms. The smallest absolute Gasteiger partial charge is 0.335 e. The van der Waals surface area contributed by atoms with Crippen LogP contribution in [0.1, 0.15) is 94.1 Å². The second kappa shape index (κ2) is 18.9. The molecule has 0 saturated carbocycles. The van der Waals surface area contributed by atoms with Gasteiger partial charge in [-0.25, -0.2) is 4.79 Å². The molecule has 0 amide bonds. The van der Waals surface area contributed by atoms with Crippen LogP contribution in [-0.4, -0.2) is 77.9 Å². The average molecular weight is 948 g/mol. The summed E-state index contributed by atoms with van der Waals surface area (Å²) < 4.78 is 68.0. The number of hydrogen-bond acceptors (Lipinski definition) is 7. The minimum atomic E-state index is -4.08. The highest BCUT2D eigenvalue weighted by molar-refractivity contribution is 8.03. The molecule has 5 aromatic carbocycles. The van der Waals surface area contributed by atoms with Crippen molar-refractivity contribution in [3.8, 4) is 0 Å². The molecule has 2 atom stereocenters. The van der Waals surface area contributed by atoms with Crippen LogP contribution in [0, 0.1) is 5.92 Å². The molecule has 0 aromatic heterocycles. The van der Waals surface area contributed by atoms with Crippen LogP contribution in [0.2, 0.25) is 0 Å². The summed E-state index contributed by atoms with van der Waals surface area (Å²) in [4.78, 5) is 16.4. The highest BCUT2D eigenvalue weighted by atomic mass is 32.2. The molecule has 66 heavy (non-hydrogen) atoms. The van der Waals surface area contributed by atoms with E-state index in [4.69, 9.17) is 0 Å². The van der Waals surface area contributed by atoms with Gasteiger partial charge in [-0.2, -0.15) is 21.4 Å². The lowest BCUT2D eigenvalue weighted by atomic mass is 9.77. The van der Waals surface area contributed by atoms with Crippen molar-refractivity contribution < 1.29 is 40.4 Å². The molecule has 2 unspecified atom stereocenters. The summed E-state index contributed by atoms with van der Waals surface area (Å²) in [6.07, 6.45) is 13.7. The lowest BCUT2D eigenvalue weighted by Gasteiger charge is -2.33. The van der Waals surface area contributed by atoms with Crippen molar-refractivity contribution in [3.63, 3.8) is 0 Å². The van der Waals surface area contributed by atoms with Crippen LogP contribution in [0.5, 0.6) is 0 Å². The van der Waals surface area contributed by atoms with E-state index in [0.717, 1.165) is 52.0 Å². The van der Waals surface area contributed by atoms with Crippen LogP contribution in [0.4, 0.5) is 11.4 Å². The highest BCUT2D eigenvalue weighted by Gasteiger charge is 2.46. The Labute approximate surface area is 393 Å². The molecule has 0 fully saturated rings. The molecule has 3 N–H and O–H groups in total. The molecule has 346 valence electrons. The maximum Gasteiger partial charge on any atom is 0.335 e. The number of benzene rings is 5. The monoisotopic (exact) mass is 947 g/mol. The summed E-state index contributed by atoms with van der Waals surface area (Å²) in [7, 11) is -8.16. The number of unbranched alkanes of at least 4 members (excludes halogenated alkanes) is 2. The lowest BCUT2D eigenvalue weighted by Crippen LogP contribution is -2.40. The molecular formula is C53H59N2O8S3+. The van der Waals surface area contributed by atoms with Crippen molar-refractivity contribution in [3.05, 3.63) is 149 Å². The van der Waals surface area contributed by atoms with Crippen LogP contribution >= 0.6 is 11.8 Å². The summed E-state index contributed by atoms with van der Waals surface area (Å²) in [6, 6.07) is 32.5. The number of allylic oxidation sites excluding steroid dienone is 5. The molecule has 0 bridgehead atoms. The summed E-state index contributed by atoms with van der Waals surface area (Å²) in [5.74, 6) is -1.50. The summed E-state index contributed by atoms with van der Waals surface area (Å²) in [6.45, 7) is 10.3. The molecule has 0 radical (unpaired) electrons. The zero-order valence-corrected chi connectivity index (χ0v) is 40.4. The van der Waals surface area contributed by atoms with Gasteiger partial charge in [0.25, 0.3) is 20.2 Å². The van der Waals surface area contributed by atoms with E-state index in [-0.39, 0.29) is 34.4 Å². The molecule has 2 heterocycles. The van der Waals surface area contributed by atoms with Crippen molar-refractivity contribution in [2.24, 2.45) is 5.92 Å². The van der Waals surface area contributed by atoms with Gasteiger partial charge in [-0.15, -0.1) is 0 Å². The van der Waals surface area contributed by atoms with E-state index in [0.29, 0.717) is 38.8 Å². The summed E-state index contributed by atoms with van der Waals surface area (Å²) in [5.41, 5.74) is 6.50. The average Bonchev–Trinajstić information content (AvgIpc) is 3.63. The third kappa shape index (κ3) is 9.96. The molecule has 8 rings (SSSR count). The van der Waals surface area contributed by atoms with Gasteiger partial charge in [0.1, 0.15) is 6.54 Å². The molecule has 2 aliphatic heterocycles. The number of fused-ring (bicyclic) bond motifs is 6. The fraction of sp³-hybridized carbons (Fsp3) is 0.358. The number of hydrogen-bond donors (Lipinski definition) is 3. The number of carbonyl (C=O) groups is 1. The second-order valence-corrected chi connectivity index (χ2v) is 23.2. The molecular weight excluding hydrogens is 889 g/mol. The normalized spacial score (nSPS) is 19.5. The number of carboxylic acids is 1. The van der Waals surface area contributed by atoms with Crippen LogP contribution < -0.4 is 4.90 Å². The van der Waals surface area contributed by atoms with Crippen molar-refractivity contribution in [2.45, 2.75) is 94.4 Å². The number of nitrogens with zero attached hydrogens (tertiary/aromatic N) is 2. The Morgan fingerprint density at radius 2 is 1.38 bits per heavy atom. The molecule has 1 aliphatic carbocycles. The third-order valence-corrected chi connectivity index (χ3v) is 16.6. The van der Waals surface area contributed by atoms with Gasteiger partial charge in [-0.3, -0.25) is 9.11 Å². The number of aromatic carboxylic acids is 1. The third-order valence-electron chi connectivity index (χ3n) is 13.7. The Hall–Kier alpha value is -5.05. The molecule has 0 saturated heterocycles. The summed E-state index contributed by atoms with van der Waals surface area (Å²) >= 11 is 1.67. The Kier molecular flexibility index (Phi) is 13.6. The SMILES string of the molecule is CC1(C)C(C=CC2=C(Sc3ccc(C(=O)O)cc3)C(C=CC3N(CCCCS(=O)(=O)O)c4ccc5ccccc5c4C3(C)C)CCC2)=[N+](CCCCS(=O)(=O)O)c2ccc3ccccc3c21. The van der Waals surface area contributed by atoms with Crippen LogP contribution in [0.25, 0.3) is 21.5 Å². The van der Waals surface area contributed by atoms with Crippen LogP contribution in [0.3, 0.4) is 0 Å². The standard InChI is InChI=1S/C53H58N2O8S3/c1-52(2)46(54(32-9-11-34-65(58,59)60)44-28-22-36-14-5-7-18-42(36)48(44)52)30-24-38-16-13-17-39(50(38)64-41-26-20-40(21-27-41)51(56)57)25-31-47-53(3,4)49-43-19-8-6-15-37(43)23-29-45(49)55(47)33-10-12-35-66(61,62)63/h5-8,14-15,18-31,38,46H,9-13,16-17,32-35H2,1-4H3,(H2-,56,57,58,59,60,61,62,63)/p+1. The first-order valence-corrected chi connectivity index (χ1v) is 26.8. The number of carboxylic acid groups (broad SMARTS) is 1. The Balaban J connectivity index is 1.20. The first-order chi connectivity index (χ1) is 31.3. The maximum atomic E-state index is 11.8. The Morgan fingerprint density at radius 3 is 2.03 bits per heavy atom. The van der Waals surface area contributed by atoms with Crippen molar-refractivity contribution in [1.82, 2.24) is 0 Å². The second-order valence-electron chi connectivity index (χ2n) is 18.9. The van der Waals surface area contributed by atoms with E-state index >= 15 is 0 Å². The Morgan fingerprint density at radius 1 is 0.758 bits per heavy atom. The van der Waals surface area contributed by atoms with Crippen LogP contribution in [-0.2, 0) is 31.1 Å². The largest absolute Gasteiger partial charge is 0.478 e.